The summed E-state index contributed by atoms with van der Waals surface area (Å²) < 4.78 is 0. The van der Waals surface area contributed by atoms with Crippen LogP contribution in [0.5, 0.6) is 0 Å². The first-order valence-corrected chi connectivity index (χ1v) is 8.27. The van der Waals surface area contributed by atoms with Crippen molar-refractivity contribution in [2.75, 3.05) is 13.1 Å². The molecule has 10 nitrogen and oxygen atoms in total. The molecule has 0 saturated carbocycles. The van der Waals surface area contributed by atoms with Gasteiger partial charge >= 0.3 is 11.9 Å². The van der Waals surface area contributed by atoms with Gasteiger partial charge in [0.1, 0.15) is 11.6 Å². The van der Waals surface area contributed by atoms with Crippen molar-refractivity contribution >= 4 is 11.9 Å². The lowest BCUT2D eigenvalue weighted by atomic mass is 10.2. The monoisotopic (exact) mass is 362 g/mol. The second-order valence-electron chi connectivity index (χ2n) is 6.57. The van der Waals surface area contributed by atoms with E-state index in [4.69, 9.17) is 0 Å². The van der Waals surface area contributed by atoms with Crippen LogP contribution in [0.25, 0.3) is 0 Å². The molecule has 0 aliphatic carbocycles. The van der Waals surface area contributed by atoms with Gasteiger partial charge in [-0.15, -0.1) is 0 Å². The first-order chi connectivity index (χ1) is 12.3. The zero-order chi connectivity index (χ0) is 18.8. The predicted molar refractivity (Wildman–Crippen MR) is 90.1 cm³/mol. The van der Waals surface area contributed by atoms with E-state index in [2.05, 4.69) is 19.9 Å². The van der Waals surface area contributed by atoms with E-state index in [0.717, 1.165) is 22.8 Å². The minimum atomic E-state index is -0.919. The van der Waals surface area contributed by atoms with Crippen molar-refractivity contribution in [3.63, 3.8) is 0 Å². The van der Waals surface area contributed by atoms with Crippen LogP contribution < -0.4 is 0 Å². The zero-order valence-electron chi connectivity index (χ0n) is 14.7. The number of nitrogens with one attached hydrogen (secondary N) is 2. The highest BCUT2D eigenvalue weighted by molar-refractivity contribution is 5.69. The minimum absolute atomic E-state index is 0.117. The number of nitrogens with zero attached hydrogens (tertiary/aromatic N) is 4. The van der Waals surface area contributed by atoms with Crippen molar-refractivity contribution < 1.29 is 19.8 Å². The van der Waals surface area contributed by atoms with E-state index in [-0.39, 0.29) is 13.1 Å². The fourth-order valence-corrected chi connectivity index (χ4v) is 3.29. The molecule has 1 aliphatic rings. The highest BCUT2D eigenvalue weighted by Gasteiger charge is 2.24. The normalized spacial score (nSPS) is 16.1. The summed E-state index contributed by atoms with van der Waals surface area (Å²) >= 11 is 0. The molecule has 2 aromatic rings. The molecule has 3 heterocycles. The smallest absolute Gasteiger partial charge is 0.317 e. The number of aromatic nitrogens is 4. The molecular weight excluding hydrogens is 340 g/mol. The van der Waals surface area contributed by atoms with E-state index in [1.807, 2.05) is 13.8 Å². The summed E-state index contributed by atoms with van der Waals surface area (Å²) in [5.41, 5.74) is 3.07. The van der Waals surface area contributed by atoms with Crippen LogP contribution in [0.2, 0.25) is 0 Å². The lowest BCUT2D eigenvalue weighted by Gasteiger charge is -2.25. The Hall–Kier alpha value is -2.72. The number of rotatable bonds is 4. The van der Waals surface area contributed by atoms with Gasteiger partial charge in [-0.2, -0.15) is 0 Å². The lowest BCUT2D eigenvalue weighted by Crippen LogP contribution is -2.34. The molecule has 0 fully saturated rings. The number of aryl methyl sites for hydroxylation is 2. The Labute approximate surface area is 149 Å². The SMILES string of the molecule is Cc1nc2c([nH]1)CN(CC(=O)O)Cc1[nH]c(C)nc1CN(CC(=O)O)C2. The molecule has 0 unspecified atom stereocenters. The zero-order valence-corrected chi connectivity index (χ0v) is 14.7. The first-order valence-electron chi connectivity index (χ1n) is 8.27. The molecule has 4 N–H and O–H groups in total. The Morgan fingerprint density at radius 3 is 1.62 bits per heavy atom. The van der Waals surface area contributed by atoms with Crippen LogP contribution in [0.3, 0.4) is 0 Å². The maximum absolute atomic E-state index is 11.3. The number of carboxylic acid groups (broad SMARTS) is 2. The molecule has 0 saturated heterocycles. The van der Waals surface area contributed by atoms with Crippen molar-refractivity contribution in [3.8, 4) is 0 Å². The van der Waals surface area contributed by atoms with Crippen LogP contribution >= 0.6 is 0 Å². The van der Waals surface area contributed by atoms with Gasteiger partial charge in [0, 0.05) is 26.2 Å². The number of hydrogen-bond acceptors (Lipinski definition) is 6. The van der Waals surface area contributed by atoms with Gasteiger partial charge in [0.05, 0.1) is 35.9 Å². The molecule has 0 amide bonds. The fraction of sp³-hybridized carbons (Fsp3) is 0.500. The second kappa shape index (κ2) is 7.26. The Morgan fingerprint density at radius 1 is 0.846 bits per heavy atom. The summed E-state index contributed by atoms with van der Waals surface area (Å²) in [5, 5.41) is 18.5. The number of carbonyl (C=O) groups is 2. The summed E-state index contributed by atoms with van der Waals surface area (Å²) in [7, 11) is 0. The average molecular weight is 362 g/mol. The maximum atomic E-state index is 11.3. The second-order valence-corrected chi connectivity index (χ2v) is 6.57. The third-order valence-electron chi connectivity index (χ3n) is 4.19. The highest BCUT2D eigenvalue weighted by Crippen LogP contribution is 2.20. The summed E-state index contributed by atoms with van der Waals surface area (Å²) in [4.78, 5) is 41.4. The van der Waals surface area contributed by atoms with Gasteiger partial charge in [-0.3, -0.25) is 19.4 Å². The molecular formula is C16H22N6O4. The van der Waals surface area contributed by atoms with Crippen LogP contribution in [0.15, 0.2) is 0 Å². The summed E-state index contributed by atoms with van der Waals surface area (Å²) in [6.07, 6.45) is 0. The Kier molecular flexibility index (Phi) is 5.05. The third-order valence-corrected chi connectivity index (χ3v) is 4.19. The Balaban J connectivity index is 1.99. The number of H-pyrrole nitrogens is 2. The lowest BCUT2D eigenvalue weighted by molar-refractivity contribution is -0.139. The Bertz CT molecular complexity index is 712. The van der Waals surface area contributed by atoms with Gasteiger partial charge < -0.3 is 20.2 Å². The maximum Gasteiger partial charge on any atom is 0.317 e. The van der Waals surface area contributed by atoms with E-state index in [1.54, 1.807) is 9.80 Å². The van der Waals surface area contributed by atoms with Crippen LogP contribution in [-0.2, 0) is 35.8 Å². The molecule has 0 spiro atoms. The molecule has 140 valence electrons. The molecule has 2 aromatic heterocycles. The molecule has 3 rings (SSSR count). The molecule has 0 bridgehead atoms. The quantitative estimate of drug-likeness (QED) is 0.606. The number of aliphatic carboxylic acids is 2. The number of imidazole rings is 2. The number of fused-ring (bicyclic) bond motifs is 2. The van der Waals surface area contributed by atoms with Crippen molar-refractivity contribution in [3.05, 3.63) is 34.4 Å². The molecule has 26 heavy (non-hydrogen) atoms. The van der Waals surface area contributed by atoms with Crippen molar-refractivity contribution in [1.29, 1.82) is 0 Å². The largest absolute Gasteiger partial charge is 0.480 e. The molecule has 1 aliphatic heterocycles. The average Bonchev–Trinajstić information content (AvgIpc) is 3.00. The molecule has 0 aromatic carbocycles. The molecule has 10 heteroatoms. The van der Waals surface area contributed by atoms with Crippen LogP contribution in [0.1, 0.15) is 34.4 Å². The Morgan fingerprint density at radius 2 is 1.23 bits per heavy atom. The van der Waals surface area contributed by atoms with Gasteiger partial charge in [0.15, 0.2) is 0 Å². The predicted octanol–water partition coefficient (Wildman–Crippen LogP) is 0.237. The van der Waals surface area contributed by atoms with E-state index in [9.17, 15) is 19.8 Å². The molecule has 0 atom stereocenters. The fourth-order valence-electron chi connectivity index (χ4n) is 3.29. The number of aromatic amines is 2. The van der Waals surface area contributed by atoms with E-state index < -0.39 is 11.9 Å². The topological polar surface area (TPSA) is 138 Å². The van der Waals surface area contributed by atoms with E-state index in [1.165, 1.54) is 0 Å². The minimum Gasteiger partial charge on any atom is -0.480 e. The standard InChI is InChI=1S/C16H22N6O4/c1-9-17-11-3-21(7-15(23)24)5-13-14(20-10(2)19-13)6-22(8-16(25)26)4-12(11)18-9/h3-8H2,1-2H3,(H,17,18)(H,19,20)(H,23,24)(H,25,26). The summed E-state index contributed by atoms with van der Waals surface area (Å²) in [6.45, 7) is 4.84. The highest BCUT2D eigenvalue weighted by atomic mass is 16.4. The van der Waals surface area contributed by atoms with Gasteiger partial charge in [-0.25, -0.2) is 9.97 Å². The van der Waals surface area contributed by atoms with Gasteiger partial charge in [-0.05, 0) is 13.8 Å². The first kappa shape index (κ1) is 18.1. The van der Waals surface area contributed by atoms with Crippen LogP contribution in [-0.4, -0.2) is 65.0 Å². The summed E-state index contributed by atoms with van der Waals surface area (Å²) in [6, 6.07) is 0. The van der Waals surface area contributed by atoms with Crippen LogP contribution in [0, 0.1) is 13.8 Å². The van der Waals surface area contributed by atoms with E-state index >= 15 is 0 Å². The number of hydrogen-bond donors (Lipinski definition) is 4. The van der Waals surface area contributed by atoms with Crippen molar-refractivity contribution in [1.82, 2.24) is 29.7 Å². The van der Waals surface area contributed by atoms with Crippen molar-refractivity contribution in [2.45, 2.75) is 40.0 Å². The number of carboxylic acids is 2. The van der Waals surface area contributed by atoms with Crippen LogP contribution in [0.4, 0.5) is 0 Å². The third kappa shape index (κ3) is 4.27. The van der Waals surface area contributed by atoms with E-state index in [0.29, 0.717) is 37.8 Å². The summed E-state index contributed by atoms with van der Waals surface area (Å²) in [5.74, 6) is -0.401. The van der Waals surface area contributed by atoms with Gasteiger partial charge in [-0.1, -0.05) is 0 Å². The molecule has 0 radical (unpaired) electrons. The van der Waals surface area contributed by atoms with Gasteiger partial charge in [0.25, 0.3) is 0 Å². The van der Waals surface area contributed by atoms with Gasteiger partial charge in [0.2, 0.25) is 0 Å². The van der Waals surface area contributed by atoms with Crippen molar-refractivity contribution in [2.24, 2.45) is 0 Å².